The number of fused-ring (bicyclic) bond motifs is 5. The topological polar surface area (TPSA) is 374 Å². The first-order valence-electron chi connectivity index (χ1n) is 26.3. The summed E-state index contributed by atoms with van der Waals surface area (Å²) in [5.74, 6) is 0.821. The van der Waals surface area contributed by atoms with Crippen LogP contribution in [0.4, 0.5) is 0 Å². The Morgan fingerprint density at radius 2 is 1.22 bits per heavy atom. The van der Waals surface area contributed by atoms with Gasteiger partial charge < -0.3 is 109 Å². The molecule has 28 atom stereocenters. The van der Waals surface area contributed by atoms with Gasteiger partial charge in [0.05, 0.1) is 32.5 Å². The Hall–Kier alpha value is -1.47. The van der Waals surface area contributed by atoms with Crippen molar-refractivity contribution in [1.82, 2.24) is 0 Å². The third-order valence-electron chi connectivity index (χ3n) is 18.2. The highest BCUT2D eigenvalue weighted by atomic mass is 16.8. The number of carbonyl (C=O) groups excluding carboxylic acids is 1. The van der Waals surface area contributed by atoms with Crippen LogP contribution < -0.4 is 0 Å². The van der Waals surface area contributed by atoms with E-state index >= 15 is 0 Å². The molecule has 4 saturated heterocycles. The lowest BCUT2D eigenvalue weighted by atomic mass is 9.46. The zero-order chi connectivity index (χ0) is 53.0. The van der Waals surface area contributed by atoms with Gasteiger partial charge in [0.25, 0.3) is 0 Å². The van der Waals surface area contributed by atoms with Gasteiger partial charge in [-0.15, -0.1) is 0 Å². The highest BCUT2D eigenvalue weighted by Crippen LogP contribution is 2.66. The van der Waals surface area contributed by atoms with Crippen molar-refractivity contribution in [2.45, 2.75) is 214 Å². The number of hydrogen-bond acceptors (Lipinski definition) is 23. The van der Waals surface area contributed by atoms with Crippen molar-refractivity contribution in [1.29, 1.82) is 0 Å². The fraction of sp³-hybridized carbons (Fsp3) is 0.940. The summed E-state index contributed by atoms with van der Waals surface area (Å²) in [4.78, 5) is 14.1. The number of ether oxygens (including phenoxy) is 8. The Balaban J connectivity index is 1.03. The molecule has 0 spiro atoms. The van der Waals surface area contributed by atoms with Crippen LogP contribution in [0, 0.1) is 46.3 Å². The zero-order valence-electron chi connectivity index (χ0n) is 42.0. The molecule has 7 fully saturated rings. The summed E-state index contributed by atoms with van der Waals surface area (Å²) < 4.78 is 47.7. The number of rotatable bonds is 17. The van der Waals surface area contributed by atoms with Crippen LogP contribution in [0.1, 0.15) is 85.5 Å². The standard InChI is InChI=1S/C50H82O23/c1-20(2)6-5-7-21(15-51)25-14-26(55)32-22-8-9-24-33(57)28(11-13-49(24,3)23(22)10-12-50(25,32)4)67-47-41(65)43(42(31(18-54)70-47)71-45-39(63)37(61)35(59)29(16-52)68-45)72-48-44(34(58)27(56)19-66-48)73-46-40(64)38(62)36(60)30(17-53)69-46/h9,20-23,25,27-48,51-54,56-65H,5-8,10-19H2,1-4H3/t21-,22+,23-,25?,27+,28-,29+,30-,31+,32+,33+,34+,35-,36-,37-,38-,39+,40-,41+,42+,43+,44-,45-,46+,47+,48-,49+,50+/m0/s1. The molecule has 0 amide bonds. The minimum Gasteiger partial charge on any atom is -0.396 e. The first-order valence-corrected chi connectivity index (χ1v) is 26.3. The molecule has 0 bridgehead atoms. The number of aliphatic hydroxyl groups excluding tert-OH is 14. The fourth-order valence-corrected chi connectivity index (χ4v) is 14.1. The van der Waals surface area contributed by atoms with Gasteiger partial charge >= 0.3 is 0 Å². The van der Waals surface area contributed by atoms with Gasteiger partial charge in [-0.25, -0.2) is 0 Å². The third-order valence-corrected chi connectivity index (χ3v) is 18.2. The number of carbonyl (C=O) groups is 1. The van der Waals surface area contributed by atoms with Crippen molar-refractivity contribution in [3.05, 3.63) is 11.6 Å². The fourth-order valence-electron chi connectivity index (χ4n) is 14.1. The van der Waals surface area contributed by atoms with Crippen LogP contribution in [0.5, 0.6) is 0 Å². The highest BCUT2D eigenvalue weighted by Gasteiger charge is 2.64. The van der Waals surface area contributed by atoms with E-state index in [9.17, 15) is 76.3 Å². The van der Waals surface area contributed by atoms with Crippen LogP contribution in [0.3, 0.4) is 0 Å². The summed E-state index contributed by atoms with van der Waals surface area (Å²) in [6.45, 7) is 5.63. The molecular formula is C50H82O23. The molecule has 4 aliphatic carbocycles. The summed E-state index contributed by atoms with van der Waals surface area (Å²) >= 11 is 0. The number of aliphatic hydroxyl groups is 14. The lowest BCUT2D eigenvalue weighted by Crippen LogP contribution is -2.67. The number of allylic oxidation sites excluding steroid dienone is 1. The van der Waals surface area contributed by atoms with Crippen molar-refractivity contribution >= 4 is 5.78 Å². The largest absolute Gasteiger partial charge is 0.396 e. The third kappa shape index (κ3) is 10.9. The van der Waals surface area contributed by atoms with Crippen molar-refractivity contribution in [3.63, 3.8) is 0 Å². The highest BCUT2D eigenvalue weighted by molar-refractivity contribution is 5.85. The van der Waals surface area contributed by atoms with Crippen molar-refractivity contribution in [2.75, 3.05) is 33.0 Å². The van der Waals surface area contributed by atoms with Gasteiger partial charge in [0.1, 0.15) is 103 Å². The molecule has 1 unspecified atom stereocenters. The Morgan fingerprint density at radius 1 is 0.644 bits per heavy atom. The van der Waals surface area contributed by atoms with Crippen LogP contribution in [0.2, 0.25) is 0 Å². The van der Waals surface area contributed by atoms with E-state index in [0.29, 0.717) is 25.2 Å². The average Bonchev–Trinajstić information content (AvgIpc) is 3.64. The maximum absolute atomic E-state index is 14.1. The predicted molar refractivity (Wildman–Crippen MR) is 247 cm³/mol. The molecule has 8 aliphatic rings. The van der Waals surface area contributed by atoms with Gasteiger partial charge in [0.15, 0.2) is 25.2 Å². The minimum atomic E-state index is -1.98. The monoisotopic (exact) mass is 1050 g/mol. The molecule has 23 heteroatoms. The second kappa shape index (κ2) is 23.5. The summed E-state index contributed by atoms with van der Waals surface area (Å²) in [5.41, 5.74) is -0.0584. The van der Waals surface area contributed by atoms with E-state index in [1.165, 1.54) is 0 Å². The molecule has 73 heavy (non-hydrogen) atoms. The van der Waals surface area contributed by atoms with Gasteiger partial charge in [0, 0.05) is 18.9 Å². The molecule has 8 rings (SSSR count). The second-order valence-corrected chi connectivity index (χ2v) is 23.0. The lowest BCUT2D eigenvalue weighted by Gasteiger charge is -2.59. The summed E-state index contributed by atoms with van der Waals surface area (Å²) in [6, 6.07) is 0. The van der Waals surface area contributed by atoms with Gasteiger partial charge in [-0.3, -0.25) is 4.79 Å². The number of ketones is 1. The number of hydrogen-bond donors (Lipinski definition) is 14. The van der Waals surface area contributed by atoms with Crippen molar-refractivity contribution in [2.24, 2.45) is 46.3 Å². The molecule has 0 aromatic heterocycles. The van der Waals surface area contributed by atoms with E-state index in [1.54, 1.807) is 0 Å². The zero-order valence-corrected chi connectivity index (χ0v) is 42.0. The molecule has 23 nitrogen and oxygen atoms in total. The van der Waals surface area contributed by atoms with Crippen LogP contribution in [-0.4, -0.2) is 239 Å². The van der Waals surface area contributed by atoms with Crippen LogP contribution in [0.15, 0.2) is 11.6 Å². The Labute approximate surface area is 424 Å². The Morgan fingerprint density at radius 3 is 1.81 bits per heavy atom. The maximum atomic E-state index is 14.1. The minimum absolute atomic E-state index is 0.0344. The molecule has 3 saturated carbocycles. The molecular weight excluding hydrogens is 969 g/mol. The maximum Gasteiger partial charge on any atom is 0.187 e. The second-order valence-electron chi connectivity index (χ2n) is 23.0. The Bertz CT molecular complexity index is 1860. The normalized spacial score (nSPS) is 50.8. The lowest BCUT2D eigenvalue weighted by molar-refractivity contribution is -0.397. The molecule has 0 aromatic carbocycles. The quantitative estimate of drug-likeness (QED) is 0.0627. The molecule has 0 aromatic rings. The SMILES string of the molecule is CC(C)CCC[C@@H](CO)C1CC(=O)[C@H]2[C@@H]3CC=C4[C@@H](O)[C@@H](O[C@@H]5O[C@H](CO)[C@@H](O[C@@H]6O[C@H](CO)[C@H](O)[C@H](O)[C@H]6O)[C@H](O[C@@H]6OC[C@@H](O)[C@@H](O)[C@@H]6O[C@H]6O[C@@H](CO)[C@H](O)[C@H](O)[C@@H]6O)[C@H]5O)CC[C@]4(C)[C@H]3CC[C@]12C. The van der Waals surface area contributed by atoms with Crippen LogP contribution >= 0.6 is 0 Å². The molecule has 420 valence electrons. The van der Waals surface area contributed by atoms with E-state index in [0.717, 1.165) is 37.7 Å². The van der Waals surface area contributed by atoms with Gasteiger partial charge in [0.2, 0.25) is 0 Å². The first kappa shape index (κ1) is 57.7. The summed E-state index contributed by atoms with van der Waals surface area (Å²) in [7, 11) is 0. The summed E-state index contributed by atoms with van der Waals surface area (Å²) in [6.07, 6.45) is -27.8. The molecule has 4 aliphatic heterocycles. The van der Waals surface area contributed by atoms with Crippen molar-refractivity contribution < 1.29 is 114 Å². The first-order chi connectivity index (χ1) is 34.6. The van der Waals surface area contributed by atoms with Crippen LogP contribution in [0.25, 0.3) is 0 Å². The molecule has 14 N–H and O–H groups in total. The van der Waals surface area contributed by atoms with E-state index in [-0.39, 0.29) is 53.8 Å². The summed E-state index contributed by atoms with van der Waals surface area (Å²) in [5, 5.41) is 151. The van der Waals surface area contributed by atoms with Crippen LogP contribution in [-0.2, 0) is 42.7 Å². The van der Waals surface area contributed by atoms with Crippen molar-refractivity contribution in [3.8, 4) is 0 Å². The van der Waals surface area contributed by atoms with Gasteiger partial charge in [-0.05, 0) is 84.5 Å². The Kier molecular flexibility index (Phi) is 18.6. The van der Waals surface area contributed by atoms with Gasteiger partial charge in [-0.1, -0.05) is 46.6 Å². The van der Waals surface area contributed by atoms with E-state index in [2.05, 4.69) is 27.7 Å². The van der Waals surface area contributed by atoms with E-state index in [4.69, 9.17) is 37.9 Å². The van der Waals surface area contributed by atoms with Gasteiger partial charge in [-0.2, -0.15) is 0 Å². The smallest absolute Gasteiger partial charge is 0.187 e. The van der Waals surface area contributed by atoms with E-state index < -0.39 is 161 Å². The molecule has 0 radical (unpaired) electrons. The number of Topliss-reactive ketones (excluding diaryl/α,β-unsaturated/α-hetero) is 1. The average molecular weight is 1050 g/mol. The predicted octanol–water partition coefficient (Wildman–Crippen LogP) is -3.55. The van der Waals surface area contributed by atoms with E-state index in [1.807, 2.05) is 6.08 Å². The molecule has 4 heterocycles.